The molecule has 1 aromatic heterocycles. The summed E-state index contributed by atoms with van der Waals surface area (Å²) in [6, 6.07) is 1.64. The van der Waals surface area contributed by atoms with Gasteiger partial charge in [0.2, 0.25) is 10.0 Å². The van der Waals surface area contributed by atoms with Gasteiger partial charge in [-0.05, 0) is 32.9 Å². The van der Waals surface area contributed by atoms with Crippen molar-refractivity contribution in [1.82, 2.24) is 9.62 Å². The topological polar surface area (TPSA) is 82.8 Å². The number of hydrogen-bond acceptors (Lipinski definition) is 5. The molecule has 1 unspecified atom stereocenters. The van der Waals surface area contributed by atoms with E-state index in [0.29, 0.717) is 12.3 Å². The molecule has 1 saturated heterocycles. The average Bonchev–Trinajstić information content (AvgIpc) is 3.02. The van der Waals surface area contributed by atoms with Crippen LogP contribution in [0.25, 0.3) is 0 Å². The molecule has 114 valence electrons. The molecule has 2 rings (SSSR count). The fourth-order valence-corrected chi connectivity index (χ4v) is 3.97. The minimum atomic E-state index is -3.58. The number of aryl methyl sites for hydroxylation is 1. The molecule has 0 spiro atoms. The van der Waals surface area contributed by atoms with Gasteiger partial charge in [0.05, 0.1) is 0 Å². The van der Waals surface area contributed by atoms with Gasteiger partial charge < -0.3 is 9.52 Å². The van der Waals surface area contributed by atoms with Crippen LogP contribution in [0.4, 0.5) is 0 Å². The van der Waals surface area contributed by atoms with Gasteiger partial charge in [-0.1, -0.05) is 6.92 Å². The summed E-state index contributed by atoms with van der Waals surface area (Å²) in [6.45, 7) is 5.74. The highest BCUT2D eigenvalue weighted by Crippen LogP contribution is 2.21. The van der Waals surface area contributed by atoms with Crippen molar-refractivity contribution in [2.24, 2.45) is 0 Å². The van der Waals surface area contributed by atoms with Gasteiger partial charge in [0.1, 0.15) is 23.0 Å². The number of nitrogens with zero attached hydrogens (tertiary/aromatic N) is 1. The van der Waals surface area contributed by atoms with Crippen molar-refractivity contribution in [2.45, 2.75) is 44.2 Å². The molecule has 6 nitrogen and oxygen atoms in total. The predicted molar refractivity (Wildman–Crippen MR) is 74.8 cm³/mol. The lowest BCUT2D eigenvalue weighted by Gasteiger charge is -2.22. The van der Waals surface area contributed by atoms with E-state index >= 15 is 0 Å². The average molecular weight is 302 g/mol. The van der Waals surface area contributed by atoms with Crippen molar-refractivity contribution in [1.29, 1.82) is 0 Å². The van der Waals surface area contributed by atoms with Crippen LogP contribution in [0.5, 0.6) is 0 Å². The Hall–Kier alpha value is -0.890. The van der Waals surface area contributed by atoms with E-state index in [1.54, 1.807) is 6.92 Å². The molecule has 2 heterocycles. The molecule has 20 heavy (non-hydrogen) atoms. The van der Waals surface area contributed by atoms with Crippen molar-refractivity contribution in [3.63, 3.8) is 0 Å². The highest BCUT2D eigenvalue weighted by atomic mass is 32.2. The van der Waals surface area contributed by atoms with E-state index in [9.17, 15) is 8.42 Å². The van der Waals surface area contributed by atoms with Crippen LogP contribution in [-0.4, -0.2) is 44.1 Å². The minimum Gasteiger partial charge on any atom is -0.462 e. The Balaban J connectivity index is 2.05. The van der Waals surface area contributed by atoms with Gasteiger partial charge in [0.15, 0.2) is 0 Å². The number of aliphatic hydroxyl groups is 1. The molecule has 2 N–H and O–H groups in total. The maximum absolute atomic E-state index is 12.3. The number of furan rings is 1. The Bertz CT molecular complexity index is 553. The number of sulfonamides is 1. The quantitative estimate of drug-likeness (QED) is 0.814. The highest BCUT2D eigenvalue weighted by Gasteiger charge is 2.26. The van der Waals surface area contributed by atoms with E-state index in [1.807, 2.05) is 0 Å². The normalized spacial score (nSPS) is 20.6. The van der Waals surface area contributed by atoms with Crippen LogP contribution in [0, 0.1) is 6.92 Å². The molecular weight excluding hydrogens is 280 g/mol. The summed E-state index contributed by atoms with van der Waals surface area (Å²) in [7, 11) is -3.58. The van der Waals surface area contributed by atoms with Gasteiger partial charge in [-0.25, -0.2) is 13.1 Å². The van der Waals surface area contributed by atoms with Crippen molar-refractivity contribution in [3.8, 4) is 0 Å². The molecule has 1 aromatic rings. The van der Waals surface area contributed by atoms with E-state index in [1.165, 1.54) is 6.07 Å². The molecule has 0 aliphatic carbocycles. The Morgan fingerprint density at radius 2 is 2.30 bits per heavy atom. The molecule has 7 heteroatoms. The second kappa shape index (κ2) is 6.26. The van der Waals surface area contributed by atoms with Gasteiger partial charge >= 0.3 is 0 Å². The van der Waals surface area contributed by atoms with Crippen LogP contribution in [0.3, 0.4) is 0 Å². The lowest BCUT2D eigenvalue weighted by Crippen LogP contribution is -2.40. The molecule has 1 atom stereocenters. The van der Waals surface area contributed by atoms with Crippen LogP contribution in [-0.2, 0) is 16.6 Å². The first-order valence-electron chi connectivity index (χ1n) is 6.91. The van der Waals surface area contributed by atoms with E-state index in [0.717, 1.165) is 25.9 Å². The number of nitrogens with one attached hydrogen (secondary N) is 1. The van der Waals surface area contributed by atoms with Crippen molar-refractivity contribution in [3.05, 3.63) is 17.6 Å². The van der Waals surface area contributed by atoms with Gasteiger partial charge in [-0.3, -0.25) is 4.90 Å². The zero-order valence-corrected chi connectivity index (χ0v) is 12.7. The molecular formula is C13H22N2O4S. The van der Waals surface area contributed by atoms with Crippen LogP contribution in [0.1, 0.15) is 31.3 Å². The number of likely N-dealkylation sites (N-methyl/N-ethyl adjacent to an activating group) is 1. The molecule has 0 saturated carbocycles. The third kappa shape index (κ3) is 3.22. The van der Waals surface area contributed by atoms with E-state index in [-0.39, 0.29) is 23.3 Å². The summed E-state index contributed by atoms with van der Waals surface area (Å²) in [5.41, 5.74) is 0. The summed E-state index contributed by atoms with van der Waals surface area (Å²) in [5, 5.41) is 8.99. The fraction of sp³-hybridized carbons (Fsp3) is 0.692. The first-order valence-corrected chi connectivity index (χ1v) is 8.40. The van der Waals surface area contributed by atoms with E-state index < -0.39 is 10.0 Å². The Kier molecular flexibility index (Phi) is 4.85. The zero-order valence-electron chi connectivity index (χ0n) is 11.9. The van der Waals surface area contributed by atoms with Crippen molar-refractivity contribution >= 4 is 10.0 Å². The highest BCUT2D eigenvalue weighted by molar-refractivity contribution is 7.89. The van der Waals surface area contributed by atoms with E-state index in [4.69, 9.17) is 9.52 Å². The molecule has 0 amide bonds. The van der Waals surface area contributed by atoms with Crippen LogP contribution in [0.15, 0.2) is 15.4 Å². The van der Waals surface area contributed by atoms with Crippen LogP contribution in [0.2, 0.25) is 0 Å². The molecule has 1 fully saturated rings. The third-order valence-corrected chi connectivity index (χ3v) is 5.31. The first kappa shape index (κ1) is 15.5. The summed E-state index contributed by atoms with van der Waals surface area (Å²) in [4.78, 5) is 2.40. The second-order valence-corrected chi connectivity index (χ2v) is 6.80. The van der Waals surface area contributed by atoms with Crippen molar-refractivity contribution < 1.29 is 17.9 Å². The Morgan fingerprint density at radius 1 is 1.55 bits per heavy atom. The zero-order chi connectivity index (χ0) is 14.8. The first-order chi connectivity index (χ1) is 9.47. The molecule has 1 aliphatic rings. The number of likely N-dealkylation sites (tertiary alicyclic amines) is 1. The van der Waals surface area contributed by atoms with Gasteiger partial charge in [0, 0.05) is 18.7 Å². The summed E-state index contributed by atoms with van der Waals surface area (Å²) < 4.78 is 32.4. The largest absolute Gasteiger partial charge is 0.462 e. The van der Waals surface area contributed by atoms with Gasteiger partial charge in [-0.2, -0.15) is 0 Å². The second-order valence-electron chi connectivity index (χ2n) is 5.07. The smallest absolute Gasteiger partial charge is 0.244 e. The summed E-state index contributed by atoms with van der Waals surface area (Å²) >= 11 is 0. The summed E-state index contributed by atoms with van der Waals surface area (Å²) in [5.74, 6) is 0.569. The van der Waals surface area contributed by atoms with Gasteiger partial charge in [-0.15, -0.1) is 0 Å². The molecule has 0 aromatic carbocycles. The maximum atomic E-state index is 12.3. The van der Waals surface area contributed by atoms with Crippen molar-refractivity contribution in [2.75, 3.05) is 19.6 Å². The minimum absolute atomic E-state index is 0.114. The van der Waals surface area contributed by atoms with E-state index in [2.05, 4.69) is 16.5 Å². The number of hydrogen-bond donors (Lipinski definition) is 2. The summed E-state index contributed by atoms with van der Waals surface area (Å²) in [6.07, 6.45) is 2.13. The van der Waals surface area contributed by atoms with Crippen LogP contribution >= 0.6 is 0 Å². The number of aliphatic hydroxyl groups excluding tert-OH is 1. The maximum Gasteiger partial charge on any atom is 0.244 e. The fourth-order valence-electron chi connectivity index (χ4n) is 2.70. The molecule has 0 bridgehead atoms. The lowest BCUT2D eigenvalue weighted by atomic mass is 10.2. The SMILES string of the molecule is CCN1CCCC1CNS(=O)(=O)c1cc(CO)oc1C. The Morgan fingerprint density at radius 3 is 2.90 bits per heavy atom. The monoisotopic (exact) mass is 302 g/mol. The lowest BCUT2D eigenvalue weighted by molar-refractivity contribution is 0.244. The molecule has 0 radical (unpaired) electrons. The third-order valence-electron chi connectivity index (χ3n) is 3.78. The number of rotatable bonds is 6. The molecule has 1 aliphatic heterocycles. The Labute approximate surface area is 119 Å². The van der Waals surface area contributed by atoms with Crippen LogP contribution < -0.4 is 4.72 Å². The van der Waals surface area contributed by atoms with Gasteiger partial charge in [0.25, 0.3) is 0 Å². The standard InChI is InChI=1S/C13H22N2O4S/c1-3-15-6-4-5-11(15)8-14-20(17,18)13-7-12(9-16)19-10(13)2/h7,11,14,16H,3-6,8-9H2,1-2H3. The predicted octanol–water partition coefficient (Wildman–Crippen LogP) is 0.843.